The van der Waals surface area contributed by atoms with Gasteiger partial charge in [0.15, 0.2) is 5.96 Å². The summed E-state index contributed by atoms with van der Waals surface area (Å²) in [5, 5.41) is 3.41. The third-order valence-electron chi connectivity index (χ3n) is 4.53. The van der Waals surface area contributed by atoms with Gasteiger partial charge in [-0.25, -0.2) is 0 Å². The molecular formula is C17H37N5. The van der Waals surface area contributed by atoms with Crippen molar-refractivity contribution in [2.24, 2.45) is 4.99 Å². The van der Waals surface area contributed by atoms with Crippen molar-refractivity contribution in [2.75, 3.05) is 59.4 Å². The van der Waals surface area contributed by atoms with E-state index in [2.05, 4.69) is 54.8 Å². The van der Waals surface area contributed by atoms with Crippen LogP contribution in [-0.4, -0.2) is 86.1 Å². The highest BCUT2D eigenvalue weighted by Crippen LogP contribution is 2.06. The van der Waals surface area contributed by atoms with Gasteiger partial charge in [-0.3, -0.25) is 9.89 Å². The molecule has 1 unspecified atom stereocenters. The molecule has 1 heterocycles. The van der Waals surface area contributed by atoms with Gasteiger partial charge < -0.3 is 15.1 Å². The van der Waals surface area contributed by atoms with Crippen LogP contribution in [0, 0.1) is 0 Å². The zero-order chi connectivity index (χ0) is 16.4. The first-order chi connectivity index (χ1) is 10.6. The van der Waals surface area contributed by atoms with Gasteiger partial charge >= 0.3 is 0 Å². The molecule has 1 fully saturated rings. The summed E-state index contributed by atoms with van der Waals surface area (Å²) in [6.07, 6.45) is 2.44. The third kappa shape index (κ3) is 6.53. The van der Waals surface area contributed by atoms with E-state index in [1.807, 2.05) is 0 Å². The lowest BCUT2D eigenvalue weighted by atomic mass is 10.2. The molecule has 1 aliphatic rings. The number of aliphatic imine (C=N–C) groups is 1. The Morgan fingerprint density at radius 3 is 2.41 bits per heavy atom. The summed E-state index contributed by atoms with van der Waals surface area (Å²) in [5.74, 6) is 1.05. The van der Waals surface area contributed by atoms with E-state index >= 15 is 0 Å². The molecule has 22 heavy (non-hydrogen) atoms. The van der Waals surface area contributed by atoms with E-state index in [0.29, 0.717) is 6.04 Å². The maximum atomic E-state index is 4.86. The van der Waals surface area contributed by atoms with Gasteiger partial charge in [0.25, 0.3) is 0 Å². The standard InChI is InChI=1S/C17H37N5/c1-6-9-10-20(5)17(18-7-2)19-15-16(4)22-13-11-21(8-3)12-14-22/h16H,6-15H2,1-5H3,(H,18,19). The van der Waals surface area contributed by atoms with Gasteiger partial charge in [-0.05, 0) is 26.8 Å². The third-order valence-corrected chi connectivity index (χ3v) is 4.53. The first-order valence-corrected chi connectivity index (χ1v) is 9.08. The fourth-order valence-corrected chi connectivity index (χ4v) is 2.83. The van der Waals surface area contributed by atoms with Crippen molar-refractivity contribution >= 4 is 5.96 Å². The van der Waals surface area contributed by atoms with Crippen LogP contribution in [0.4, 0.5) is 0 Å². The molecule has 0 bridgehead atoms. The second kappa shape index (κ2) is 10.8. The average Bonchev–Trinajstić information content (AvgIpc) is 2.56. The van der Waals surface area contributed by atoms with Crippen molar-refractivity contribution in [1.29, 1.82) is 0 Å². The molecule has 1 N–H and O–H groups in total. The lowest BCUT2D eigenvalue weighted by molar-refractivity contribution is 0.109. The predicted octanol–water partition coefficient (Wildman–Crippen LogP) is 1.71. The van der Waals surface area contributed by atoms with Crippen LogP contribution in [-0.2, 0) is 0 Å². The highest BCUT2D eigenvalue weighted by atomic mass is 15.3. The first-order valence-electron chi connectivity index (χ1n) is 9.08. The second-order valence-electron chi connectivity index (χ2n) is 6.29. The van der Waals surface area contributed by atoms with Gasteiger partial charge in [0.05, 0.1) is 6.54 Å². The summed E-state index contributed by atoms with van der Waals surface area (Å²) in [7, 11) is 2.14. The van der Waals surface area contributed by atoms with Crippen molar-refractivity contribution in [2.45, 2.75) is 46.6 Å². The van der Waals surface area contributed by atoms with Crippen LogP contribution in [0.2, 0.25) is 0 Å². The van der Waals surface area contributed by atoms with E-state index < -0.39 is 0 Å². The van der Waals surface area contributed by atoms with E-state index in [4.69, 9.17) is 4.99 Å². The number of nitrogens with one attached hydrogen (secondary N) is 1. The van der Waals surface area contributed by atoms with Crippen LogP contribution in [0.3, 0.4) is 0 Å². The smallest absolute Gasteiger partial charge is 0.193 e. The molecule has 0 aromatic carbocycles. The average molecular weight is 312 g/mol. The van der Waals surface area contributed by atoms with Crippen LogP contribution >= 0.6 is 0 Å². The summed E-state index contributed by atoms with van der Waals surface area (Å²) in [4.78, 5) is 12.2. The van der Waals surface area contributed by atoms with E-state index in [1.54, 1.807) is 0 Å². The largest absolute Gasteiger partial charge is 0.357 e. The van der Waals surface area contributed by atoms with Crippen molar-refractivity contribution in [3.8, 4) is 0 Å². The molecule has 0 aromatic heterocycles. The van der Waals surface area contributed by atoms with Gasteiger partial charge in [0, 0.05) is 52.4 Å². The molecule has 5 heteroatoms. The van der Waals surface area contributed by atoms with Crippen LogP contribution in [0.5, 0.6) is 0 Å². The highest BCUT2D eigenvalue weighted by molar-refractivity contribution is 5.79. The number of rotatable bonds is 8. The zero-order valence-corrected chi connectivity index (χ0v) is 15.4. The Labute approximate surface area is 137 Å². The summed E-state index contributed by atoms with van der Waals surface area (Å²) >= 11 is 0. The maximum absolute atomic E-state index is 4.86. The Morgan fingerprint density at radius 1 is 1.18 bits per heavy atom. The number of unbranched alkanes of at least 4 members (excludes halogenated alkanes) is 1. The summed E-state index contributed by atoms with van der Waals surface area (Å²) in [6, 6.07) is 0.521. The fraction of sp³-hybridized carbons (Fsp3) is 0.941. The molecule has 1 aliphatic heterocycles. The van der Waals surface area contributed by atoms with Crippen molar-refractivity contribution in [1.82, 2.24) is 20.0 Å². The van der Waals surface area contributed by atoms with Crippen molar-refractivity contribution in [3.63, 3.8) is 0 Å². The van der Waals surface area contributed by atoms with Gasteiger partial charge in [-0.15, -0.1) is 0 Å². The van der Waals surface area contributed by atoms with Crippen molar-refractivity contribution in [3.05, 3.63) is 0 Å². The molecule has 0 radical (unpaired) electrons. The number of likely N-dealkylation sites (N-methyl/N-ethyl adjacent to an activating group) is 1. The van der Waals surface area contributed by atoms with Crippen LogP contribution in [0.25, 0.3) is 0 Å². The fourth-order valence-electron chi connectivity index (χ4n) is 2.83. The van der Waals surface area contributed by atoms with Gasteiger partial charge in [0.1, 0.15) is 0 Å². The topological polar surface area (TPSA) is 34.1 Å². The number of hydrogen-bond acceptors (Lipinski definition) is 3. The Kier molecular flexibility index (Phi) is 9.48. The Hall–Kier alpha value is -0.810. The maximum Gasteiger partial charge on any atom is 0.193 e. The van der Waals surface area contributed by atoms with Gasteiger partial charge in [-0.2, -0.15) is 0 Å². The Balaban J connectivity index is 2.47. The normalized spacial score (nSPS) is 19.2. The second-order valence-corrected chi connectivity index (χ2v) is 6.29. The van der Waals surface area contributed by atoms with Gasteiger partial charge in [0.2, 0.25) is 0 Å². The molecule has 130 valence electrons. The zero-order valence-electron chi connectivity index (χ0n) is 15.4. The Morgan fingerprint density at radius 2 is 1.86 bits per heavy atom. The first kappa shape index (κ1) is 19.2. The number of hydrogen-bond donors (Lipinski definition) is 1. The molecule has 0 saturated carbocycles. The molecule has 5 nitrogen and oxygen atoms in total. The van der Waals surface area contributed by atoms with Crippen molar-refractivity contribution < 1.29 is 0 Å². The molecule has 1 atom stereocenters. The summed E-state index contributed by atoms with van der Waals surface area (Å²) < 4.78 is 0. The number of guanidine groups is 1. The highest BCUT2D eigenvalue weighted by Gasteiger charge is 2.20. The molecule has 1 saturated heterocycles. The molecule has 0 amide bonds. The minimum Gasteiger partial charge on any atom is -0.357 e. The summed E-state index contributed by atoms with van der Waals surface area (Å²) in [6.45, 7) is 17.7. The lowest BCUT2D eigenvalue weighted by Gasteiger charge is -2.37. The molecular weight excluding hydrogens is 274 g/mol. The molecule has 0 spiro atoms. The van der Waals surface area contributed by atoms with Crippen LogP contribution in [0.1, 0.15) is 40.5 Å². The lowest BCUT2D eigenvalue weighted by Crippen LogP contribution is -2.50. The minimum atomic E-state index is 0.521. The molecule has 0 aromatic rings. The Bertz CT molecular complexity index is 310. The van der Waals surface area contributed by atoms with Gasteiger partial charge in [-0.1, -0.05) is 20.3 Å². The van der Waals surface area contributed by atoms with E-state index in [9.17, 15) is 0 Å². The SMILES string of the molecule is CCCCN(C)C(=NCC(C)N1CCN(CC)CC1)NCC. The van der Waals surface area contributed by atoms with Crippen LogP contribution < -0.4 is 5.32 Å². The van der Waals surface area contributed by atoms with E-state index in [-0.39, 0.29) is 0 Å². The molecule has 1 rings (SSSR count). The molecule has 0 aliphatic carbocycles. The van der Waals surface area contributed by atoms with Crippen LogP contribution in [0.15, 0.2) is 4.99 Å². The number of piperazine rings is 1. The number of nitrogens with zero attached hydrogens (tertiary/aromatic N) is 4. The quantitative estimate of drug-likeness (QED) is 0.547. The summed E-state index contributed by atoms with van der Waals surface area (Å²) in [5.41, 5.74) is 0. The van der Waals surface area contributed by atoms with E-state index in [1.165, 1.54) is 45.6 Å². The minimum absolute atomic E-state index is 0.521. The monoisotopic (exact) mass is 311 g/mol. The van der Waals surface area contributed by atoms with E-state index in [0.717, 1.165) is 25.6 Å². The predicted molar refractivity (Wildman–Crippen MR) is 96.7 cm³/mol.